The van der Waals surface area contributed by atoms with Crippen LogP contribution in [-0.4, -0.2) is 10.8 Å². The Labute approximate surface area is 130 Å². The monoisotopic (exact) mass is 324 g/mol. The highest BCUT2D eigenvalue weighted by Gasteiger charge is 2.19. The maximum absolute atomic E-state index is 12.0. The van der Waals surface area contributed by atoms with Crippen LogP contribution in [0.5, 0.6) is 0 Å². The van der Waals surface area contributed by atoms with E-state index in [2.05, 4.69) is 5.32 Å². The minimum Gasteiger partial charge on any atom is -0.323 e. The van der Waals surface area contributed by atoms with Crippen LogP contribution in [0.3, 0.4) is 0 Å². The SMILES string of the molecule is O=C(Nc1ccc([N+](=O)[O-])cc1Cl)[C@@H](Cl)c1ccccc1. The third-order valence-corrected chi connectivity index (χ3v) is 3.51. The van der Waals surface area contributed by atoms with Crippen LogP contribution >= 0.6 is 23.2 Å². The molecule has 1 N–H and O–H groups in total. The average Bonchev–Trinajstić information content (AvgIpc) is 2.49. The van der Waals surface area contributed by atoms with Gasteiger partial charge in [0.05, 0.1) is 15.6 Å². The molecule has 0 bridgehead atoms. The molecule has 5 nitrogen and oxygen atoms in total. The minimum atomic E-state index is -0.877. The standard InChI is InChI=1S/C14H10Cl2N2O3/c15-11-8-10(18(20)21)6-7-12(11)17-14(19)13(16)9-4-2-1-3-5-9/h1-8,13H,(H,17,19)/t13-/m0/s1. The van der Waals surface area contributed by atoms with Crippen LogP contribution in [0.2, 0.25) is 5.02 Å². The second-order valence-corrected chi connectivity index (χ2v) is 5.03. The van der Waals surface area contributed by atoms with Gasteiger partial charge in [-0.1, -0.05) is 41.9 Å². The number of carbonyl (C=O) groups is 1. The van der Waals surface area contributed by atoms with E-state index in [1.165, 1.54) is 18.2 Å². The number of nitrogens with zero attached hydrogens (tertiary/aromatic N) is 1. The highest BCUT2D eigenvalue weighted by Crippen LogP contribution is 2.29. The van der Waals surface area contributed by atoms with E-state index in [-0.39, 0.29) is 16.4 Å². The highest BCUT2D eigenvalue weighted by atomic mass is 35.5. The summed E-state index contributed by atoms with van der Waals surface area (Å²) in [6, 6.07) is 12.6. The summed E-state index contributed by atoms with van der Waals surface area (Å²) in [6.07, 6.45) is 0. The van der Waals surface area contributed by atoms with Crippen molar-refractivity contribution in [3.05, 3.63) is 69.2 Å². The second-order valence-electron chi connectivity index (χ2n) is 4.18. The lowest BCUT2D eigenvalue weighted by atomic mass is 10.1. The van der Waals surface area contributed by atoms with Gasteiger partial charge in [-0.2, -0.15) is 0 Å². The molecule has 0 radical (unpaired) electrons. The average molecular weight is 325 g/mol. The van der Waals surface area contributed by atoms with Gasteiger partial charge in [-0.25, -0.2) is 0 Å². The van der Waals surface area contributed by atoms with E-state index in [9.17, 15) is 14.9 Å². The zero-order valence-corrected chi connectivity index (χ0v) is 12.1. The molecule has 0 aromatic heterocycles. The number of hydrogen-bond donors (Lipinski definition) is 1. The molecule has 0 saturated heterocycles. The fourth-order valence-corrected chi connectivity index (χ4v) is 2.11. The Balaban J connectivity index is 2.15. The molecule has 21 heavy (non-hydrogen) atoms. The lowest BCUT2D eigenvalue weighted by molar-refractivity contribution is -0.384. The smallest absolute Gasteiger partial charge is 0.271 e. The van der Waals surface area contributed by atoms with Crippen molar-refractivity contribution in [2.75, 3.05) is 5.32 Å². The highest BCUT2D eigenvalue weighted by molar-refractivity contribution is 6.35. The van der Waals surface area contributed by atoms with Crippen molar-refractivity contribution >= 4 is 40.5 Å². The van der Waals surface area contributed by atoms with Crippen molar-refractivity contribution in [1.82, 2.24) is 0 Å². The van der Waals surface area contributed by atoms with Gasteiger partial charge < -0.3 is 5.32 Å². The molecule has 0 saturated carbocycles. The molecule has 1 atom stereocenters. The van der Waals surface area contributed by atoms with E-state index in [1.807, 2.05) is 6.07 Å². The number of carbonyl (C=O) groups excluding carboxylic acids is 1. The van der Waals surface area contributed by atoms with Gasteiger partial charge in [0, 0.05) is 12.1 Å². The minimum absolute atomic E-state index is 0.0782. The number of nitro groups is 1. The number of nitro benzene ring substituents is 1. The topological polar surface area (TPSA) is 72.2 Å². The maximum atomic E-state index is 12.0. The predicted octanol–water partition coefficient (Wildman–Crippen LogP) is 4.17. The molecule has 0 heterocycles. The van der Waals surface area contributed by atoms with E-state index < -0.39 is 16.2 Å². The summed E-state index contributed by atoms with van der Waals surface area (Å²) < 4.78 is 0. The summed E-state index contributed by atoms with van der Waals surface area (Å²) in [5.74, 6) is -0.460. The van der Waals surface area contributed by atoms with Crippen LogP contribution in [0, 0.1) is 10.1 Å². The Bertz CT molecular complexity index is 677. The third-order valence-electron chi connectivity index (χ3n) is 2.74. The first-order chi connectivity index (χ1) is 9.99. The molecule has 108 valence electrons. The molecule has 0 aliphatic rings. The van der Waals surface area contributed by atoms with Gasteiger partial charge in [-0.05, 0) is 11.6 Å². The van der Waals surface area contributed by atoms with Crippen molar-refractivity contribution in [1.29, 1.82) is 0 Å². The Hall–Kier alpha value is -2.11. The molecular formula is C14H10Cl2N2O3. The van der Waals surface area contributed by atoms with Crippen molar-refractivity contribution in [2.45, 2.75) is 5.38 Å². The van der Waals surface area contributed by atoms with Gasteiger partial charge in [-0.3, -0.25) is 14.9 Å². The van der Waals surface area contributed by atoms with E-state index in [0.717, 1.165) is 0 Å². The Morgan fingerprint density at radius 3 is 2.43 bits per heavy atom. The van der Waals surface area contributed by atoms with Crippen LogP contribution in [0.1, 0.15) is 10.9 Å². The number of anilines is 1. The van der Waals surface area contributed by atoms with Crippen LogP contribution in [-0.2, 0) is 4.79 Å². The summed E-state index contributed by atoms with van der Waals surface area (Å²) >= 11 is 12.0. The van der Waals surface area contributed by atoms with Crippen LogP contribution in [0.25, 0.3) is 0 Å². The Kier molecular flexibility index (Phi) is 4.77. The van der Waals surface area contributed by atoms with Crippen molar-refractivity contribution in [2.24, 2.45) is 0 Å². The third kappa shape index (κ3) is 3.71. The number of nitrogens with one attached hydrogen (secondary N) is 1. The van der Waals surface area contributed by atoms with Gasteiger partial charge in [0.2, 0.25) is 5.91 Å². The Morgan fingerprint density at radius 1 is 1.19 bits per heavy atom. The van der Waals surface area contributed by atoms with Gasteiger partial charge in [0.25, 0.3) is 5.69 Å². The number of hydrogen-bond acceptors (Lipinski definition) is 3. The molecule has 0 aliphatic carbocycles. The molecule has 2 aromatic carbocycles. The lowest BCUT2D eigenvalue weighted by Crippen LogP contribution is -2.17. The van der Waals surface area contributed by atoms with Crippen molar-refractivity contribution in [3.8, 4) is 0 Å². The van der Waals surface area contributed by atoms with Crippen molar-refractivity contribution < 1.29 is 9.72 Å². The first kappa shape index (κ1) is 15.3. The zero-order chi connectivity index (χ0) is 15.4. The summed E-state index contributed by atoms with van der Waals surface area (Å²) in [7, 11) is 0. The van der Waals surface area contributed by atoms with Crippen LogP contribution < -0.4 is 5.32 Å². The number of alkyl halides is 1. The molecule has 2 rings (SSSR count). The van der Waals surface area contributed by atoms with Gasteiger partial charge in [0.15, 0.2) is 0 Å². The molecule has 0 unspecified atom stereocenters. The largest absolute Gasteiger partial charge is 0.323 e. The molecule has 0 fully saturated rings. The normalized spacial score (nSPS) is 11.7. The molecular weight excluding hydrogens is 315 g/mol. The fourth-order valence-electron chi connectivity index (χ4n) is 1.69. The molecule has 0 spiro atoms. The lowest BCUT2D eigenvalue weighted by Gasteiger charge is -2.11. The quantitative estimate of drug-likeness (QED) is 0.521. The number of halogens is 2. The zero-order valence-electron chi connectivity index (χ0n) is 10.6. The van der Waals surface area contributed by atoms with Crippen molar-refractivity contribution in [3.63, 3.8) is 0 Å². The molecule has 7 heteroatoms. The van der Waals surface area contributed by atoms with E-state index in [1.54, 1.807) is 24.3 Å². The van der Waals surface area contributed by atoms with Crippen LogP contribution in [0.4, 0.5) is 11.4 Å². The maximum Gasteiger partial charge on any atom is 0.271 e. The van der Waals surface area contributed by atoms with Crippen LogP contribution in [0.15, 0.2) is 48.5 Å². The van der Waals surface area contributed by atoms with Gasteiger partial charge in [-0.15, -0.1) is 11.6 Å². The summed E-state index contributed by atoms with van der Waals surface area (Å²) in [4.78, 5) is 22.1. The summed E-state index contributed by atoms with van der Waals surface area (Å²) in [5.41, 5.74) is 0.770. The van der Waals surface area contributed by atoms with E-state index in [0.29, 0.717) is 5.56 Å². The van der Waals surface area contributed by atoms with Gasteiger partial charge in [0.1, 0.15) is 5.38 Å². The van der Waals surface area contributed by atoms with Gasteiger partial charge >= 0.3 is 0 Å². The number of rotatable bonds is 4. The Morgan fingerprint density at radius 2 is 1.86 bits per heavy atom. The predicted molar refractivity (Wildman–Crippen MR) is 81.8 cm³/mol. The first-order valence-corrected chi connectivity index (χ1v) is 6.74. The van der Waals surface area contributed by atoms with E-state index in [4.69, 9.17) is 23.2 Å². The molecule has 0 aliphatic heterocycles. The number of non-ortho nitro benzene ring substituents is 1. The second kappa shape index (κ2) is 6.56. The molecule has 1 amide bonds. The first-order valence-electron chi connectivity index (χ1n) is 5.93. The molecule has 2 aromatic rings. The fraction of sp³-hybridized carbons (Fsp3) is 0.0714. The summed E-state index contributed by atoms with van der Waals surface area (Å²) in [6.45, 7) is 0. The summed E-state index contributed by atoms with van der Waals surface area (Å²) in [5, 5.41) is 12.4. The van der Waals surface area contributed by atoms with E-state index >= 15 is 0 Å². The number of amides is 1. The number of benzene rings is 2.